The van der Waals surface area contributed by atoms with Crippen molar-refractivity contribution in [1.82, 2.24) is 0 Å². The van der Waals surface area contributed by atoms with Gasteiger partial charge in [0.15, 0.2) is 6.10 Å². The minimum atomic E-state index is -0.974. The molecule has 6 nitrogen and oxygen atoms in total. The number of benzene rings is 2. The summed E-state index contributed by atoms with van der Waals surface area (Å²) in [5.41, 5.74) is 1.03. The summed E-state index contributed by atoms with van der Waals surface area (Å²) in [6, 6.07) is 12.7. The molecule has 0 heterocycles. The van der Waals surface area contributed by atoms with E-state index in [1.54, 1.807) is 6.07 Å². The molecule has 6 heteroatoms. The fourth-order valence-corrected chi connectivity index (χ4v) is 2.15. The summed E-state index contributed by atoms with van der Waals surface area (Å²) in [5.74, 6) is -0.130. The van der Waals surface area contributed by atoms with Gasteiger partial charge in [-0.3, -0.25) is 4.79 Å². The first-order valence-corrected chi connectivity index (χ1v) is 7.47. The number of nitrogens with zero attached hydrogens (tertiary/aromatic N) is 1. The highest BCUT2D eigenvalue weighted by Gasteiger charge is 2.21. The molecule has 2 aromatic rings. The van der Waals surface area contributed by atoms with E-state index in [1.807, 2.05) is 6.07 Å². The highest BCUT2D eigenvalue weighted by Crippen LogP contribution is 2.23. The van der Waals surface area contributed by atoms with Crippen molar-refractivity contribution in [3.05, 3.63) is 59.2 Å². The predicted octanol–water partition coefficient (Wildman–Crippen LogP) is 3.00. The number of rotatable bonds is 6. The lowest BCUT2D eigenvalue weighted by molar-refractivity contribution is 0.0318. The number of Topliss-reactive ketones (excluding diaryl/α,β-unsaturated/α-hetero) is 1. The lowest BCUT2D eigenvalue weighted by Crippen LogP contribution is -2.24. The van der Waals surface area contributed by atoms with Gasteiger partial charge < -0.3 is 14.2 Å². The number of nitriles is 1. The van der Waals surface area contributed by atoms with Crippen molar-refractivity contribution in [1.29, 1.82) is 5.26 Å². The molecule has 128 valence electrons. The SMILES string of the molecule is COc1cc(OC)cc(C(=O)OC(C)C(=O)c2ccc(C#N)cc2)c1. The number of ketones is 1. The van der Waals surface area contributed by atoms with Crippen molar-refractivity contribution in [3.63, 3.8) is 0 Å². The van der Waals surface area contributed by atoms with Crippen molar-refractivity contribution in [2.75, 3.05) is 14.2 Å². The van der Waals surface area contributed by atoms with Gasteiger partial charge in [-0.15, -0.1) is 0 Å². The molecule has 0 aliphatic heterocycles. The van der Waals surface area contributed by atoms with Gasteiger partial charge in [0.25, 0.3) is 0 Å². The van der Waals surface area contributed by atoms with E-state index in [1.165, 1.54) is 57.5 Å². The van der Waals surface area contributed by atoms with Crippen LogP contribution in [0.3, 0.4) is 0 Å². The number of ether oxygens (including phenoxy) is 3. The zero-order valence-corrected chi connectivity index (χ0v) is 14.1. The molecule has 0 aliphatic rings. The Balaban J connectivity index is 2.13. The molecular weight excluding hydrogens is 322 g/mol. The van der Waals surface area contributed by atoms with Gasteiger partial charge in [0.2, 0.25) is 5.78 Å². The van der Waals surface area contributed by atoms with Crippen molar-refractivity contribution in [2.24, 2.45) is 0 Å². The van der Waals surface area contributed by atoms with E-state index in [9.17, 15) is 9.59 Å². The predicted molar refractivity (Wildman–Crippen MR) is 89.9 cm³/mol. The Morgan fingerprint density at radius 1 is 0.960 bits per heavy atom. The van der Waals surface area contributed by atoms with E-state index in [0.717, 1.165) is 0 Å². The van der Waals surface area contributed by atoms with E-state index in [0.29, 0.717) is 22.6 Å². The van der Waals surface area contributed by atoms with Gasteiger partial charge in [0.05, 0.1) is 31.4 Å². The van der Waals surface area contributed by atoms with Crippen molar-refractivity contribution >= 4 is 11.8 Å². The van der Waals surface area contributed by atoms with Crippen LogP contribution in [0.5, 0.6) is 11.5 Å². The standard InChI is InChI=1S/C19H17NO5/c1-12(18(21)14-6-4-13(11-20)5-7-14)25-19(22)15-8-16(23-2)10-17(9-15)24-3/h4-10,12H,1-3H3. The summed E-state index contributed by atoms with van der Waals surface area (Å²) >= 11 is 0. The Hall–Kier alpha value is -3.33. The zero-order chi connectivity index (χ0) is 18.4. The smallest absolute Gasteiger partial charge is 0.339 e. The number of esters is 1. The molecule has 0 spiro atoms. The van der Waals surface area contributed by atoms with E-state index in [4.69, 9.17) is 19.5 Å². The number of hydrogen-bond acceptors (Lipinski definition) is 6. The third-order valence-corrected chi connectivity index (χ3v) is 3.54. The van der Waals surface area contributed by atoms with Crippen LogP contribution in [-0.4, -0.2) is 32.1 Å². The van der Waals surface area contributed by atoms with Crippen LogP contribution in [0.25, 0.3) is 0 Å². The van der Waals surface area contributed by atoms with Crippen LogP contribution >= 0.6 is 0 Å². The molecule has 0 fully saturated rings. The first kappa shape index (κ1) is 18.0. The average Bonchev–Trinajstić information content (AvgIpc) is 2.66. The molecule has 1 unspecified atom stereocenters. The molecule has 0 saturated carbocycles. The summed E-state index contributed by atoms with van der Waals surface area (Å²) in [6.07, 6.45) is -0.974. The van der Waals surface area contributed by atoms with Crippen LogP contribution in [-0.2, 0) is 4.74 Å². The topological polar surface area (TPSA) is 85.6 Å². The molecule has 0 bridgehead atoms. The van der Waals surface area contributed by atoms with E-state index in [-0.39, 0.29) is 11.3 Å². The Kier molecular flexibility index (Phi) is 5.75. The van der Waals surface area contributed by atoms with Crippen LogP contribution in [0.1, 0.15) is 33.2 Å². The minimum absolute atomic E-state index is 0.218. The van der Waals surface area contributed by atoms with Gasteiger partial charge in [0.1, 0.15) is 11.5 Å². The largest absolute Gasteiger partial charge is 0.497 e. The summed E-state index contributed by atoms with van der Waals surface area (Å²) < 4.78 is 15.5. The third-order valence-electron chi connectivity index (χ3n) is 3.54. The molecule has 25 heavy (non-hydrogen) atoms. The quantitative estimate of drug-likeness (QED) is 0.594. The summed E-state index contributed by atoms with van der Waals surface area (Å²) in [4.78, 5) is 24.6. The van der Waals surface area contributed by atoms with Crippen LogP contribution in [0, 0.1) is 11.3 Å². The van der Waals surface area contributed by atoms with Crippen molar-refractivity contribution in [2.45, 2.75) is 13.0 Å². The Morgan fingerprint density at radius 2 is 1.52 bits per heavy atom. The van der Waals surface area contributed by atoms with Crippen LogP contribution in [0.2, 0.25) is 0 Å². The molecule has 0 saturated heterocycles. The summed E-state index contributed by atoms with van der Waals surface area (Å²) in [5, 5.41) is 8.78. The van der Waals surface area contributed by atoms with Gasteiger partial charge in [-0.1, -0.05) is 0 Å². The van der Waals surface area contributed by atoms with Crippen LogP contribution in [0.15, 0.2) is 42.5 Å². The average molecular weight is 339 g/mol. The monoisotopic (exact) mass is 339 g/mol. The van der Waals surface area contributed by atoms with Gasteiger partial charge in [-0.2, -0.15) is 5.26 Å². The van der Waals surface area contributed by atoms with E-state index >= 15 is 0 Å². The molecule has 1 atom stereocenters. The fourth-order valence-electron chi connectivity index (χ4n) is 2.15. The lowest BCUT2D eigenvalue weighted by atomic mass is 10.1. The fraction of sp³-hybridized carbons (Fsp3) is 0.211. The van der Waals surface area contributed by atoms with Gasteiger partial charge in [-0.25, -0.2) is 4.79 Å². The summed E-state index contributed by atoms with van der Waals surface area (Å²) in [6.45, 7) is 1.50. The Morgan fingerprint density at radius 3 is 2.00 bits per heavy atom. The van der Waals surface area contributed by atoms with Crippen LogP contribution < -0.4 is 9.47 Å². The molecule has 0 aliphatic carbocycles. The molecule has 0 N–H and O–H groups in total. The maximum atomic E-state index is 12.3. The Bertz CT molecular complexity index is 798. The van der Waals surface area contributed by atoms with Crippen molar-refractivity contribution < 1.29 is 23.8 Å². The maximum absolute atomic E-state index is 12.3. The second kappa shape index (κ2) is 7.97. The second-order valence-corrected chi connectivity index (χ2v) is 5.20. The van der Waals surface area contributed by atoms with Gasteiger partial charge in [-0.05, 0) is 43.3 Å². The maximum Gasteiger partial charge on any atom is 0.339 e. The lowest BCUT2D eigenvalue weighted by Gasteiger charge is -2.13. The third kappa shape index (κ3) is 4.36. The van der Waals surface area contributed by atoms with E-state index in [2.05, 4.69) is 0 Å². The molecular formula is C19H17NO5. The number of carbonyl (C=O) groups excluding carboxylic acids is 2. The van der Waals surface area contributed by atoms with Crippen LogP contribution in [0.4, 0.5) is 0 Å². The summed E-state index contributed by atoms with van der Waals surface area (Å²) in [7, 11) is 2.95. The van der Waals surface area contributed by atoms with E-state index < -0.39 is 12.1 Å². The molecule has 0 amide bonds. The van der Waals surface area contributed by atoms with Gasteiger partial charge >= 0.3 is 5.97 Å². The zero-order valence-electron chi connectivity index (χ0n) is 14.1. The van der Waals surface area contributed by atoms with Gasteiger partial charge in [0, 0.05) is 11.6 Å². The first-order chi connectivity index (χ1) is 12.0. The number of methoxy groups -OCH3 is 2. The molecule has 2 aromatic carbocycles. The number of hydrogen-bond donors (Lipinski definition) is 0. The molecule has 0 radical (unpaired) electrons. The van der Waals surface area contributed by atoms with Crippen molar-refractivity contribution in [3.8, 4) is 17.6 Å². The molecule has 2 rings (SSSR count). The minimum Gasteiger partial charge on any atom is -0.497 e. The Labute approximate surface area is 145 Å². The highest BCUT2D eigenvalue weighted by molar-refractivity contribution is 6.01. The second-order valence-electron chi connectivity index (χ2n) is 5.20. The normalized spacial score (nSPS) is 11.1. The first-order valence-electron chi connectivity index (χ1n) is 7.47. The number of carbonyl (C=O) groups is 2. The highest BCUT2D eigenvalue weighted by atomic mass is 16.5. The molecule has 0 aromatic heterocycles.